The lowest BCUT2D eigenvalue weighted by molar-refractivity contribution is -0.132. The molecular formula is C12H10F3NOS. The molecule has 1 aliphatic rings. The van der Waals surface area contributed by atoms with E-state index in [1.807, 2.05) is 0 Å². The number of thioether (sulfide) groups is 1. The van der Waals surface area contributed by atoms with Crippen molar-refractivity contribution in [3.8, 4) is 0 Å². The summed E-state index contributed by atoms with van der Waals surface area (Å²) in [6.07, 6.45) is -4.39. The lowest BCUT2D eigenvalue weighted by Gasteiger charge is -2.15. The average molecular weight is 273 g/mol. The standard InChI is InChI=1S/C12H10F3NOS/c1-7(17)9-10(8-5-3-2-4-6-8)18-11(16-9)12(13,14)15/h2-6,11,16-17H,1H2/t11-/m1/s1. The SMILES string of the molecule is C=C(O)C1=C(c2ccccc2)S[C@H](C(F)(F)F)N1. The highest BCUT2D eigenvalue weighted by molar-refractivity contribution is 8.09. The minimum atomic E-state index is -4.39. The monoisotopic (exact) mass is 273 g/mol. The third-order valence-corrected chi connectivity index (χ3v) is 3.66. The molecule has 0 unspecified atom stereocenters. The molecule has 2 N–H and O–H groups in total. The van der Waals surface area contributed by atoms with Crippen LogP contribution in [-0.2, 0) is 0 Å². The molecule has 18 heavy (non-hydrogen) atoms. The zero-order valence-electron chi connectivity index (χ0n) is 9.16. The molecule has 1 heterocycles. The Hall–Kier alpha value is -1.56. The minimum Gasteiger partial charge on any atom is -0.506 e. The number of nitrogens with one attached hydrogen (secondary N) is 1. The van der Waals surface area contributed by atoms with Crippen molar-refractivity contribution in [3.63, 3.8) is 0 Å². The summed E-state index contributed by atoms with van der Waals surface area (Å²) in [6, 6.07) is 8.59. The zero-order chi connectivity index (χ0) is 13.3. The topological polar surface area (TPSA) is 32.3 Å². The predicted molar refractivity (Wildman–Crippen MR) is 65.7 cm³/mol. The van der Waals surface area contributed by atoms with Crippen molar-refractivity contribution >= 4 is 16.7 Å². The Morgan fingerprint density at radius 2 is 1.89 bits per heavy atom. The number of aliphatic hydroxyl groups is 1. The van der Waals surface area contributed by atoms with Crippen molar-refractivity contribution in [2.45, 2.75) is 11.6 Å². The molecule has 1 aliphatic heterocycles. The average Bonchev–Trinajstić information content (AvgIpc) is 2.74. The number of benzene rings is 1. The smallest absolute Gasteiger partial charge is 0.418 e. The Labute approximate surface area is 106 Å². The molecule has 0 radical (unpaired) electrons. The van der Waals surface area contributed by atoms with Gasteiger partial charge in [0.05, 0.1) is 5.70 Å². The fourth-order valence-electron chi connectivity index (χ4n) is 1.57. The summed E-state index contributed by atoms with van der Waals surface area (Å²) in [4.78, 5) is 0.352. The first-order valence-corrected chi connectivity index (χ1v) is 5.95. The van der Waals surface area contributed by atoms with Gasteiger partial charge in [-0.2, -0.15) is 13.2 Å². The van der Waals surface area contributed by atoms with Gasteiger partial charge in [-0.15, -0.1) is 0 Å². The lowest BCUT2D eigenvalue weighted by atomic mass is 10.2. The molecule has 2 rings (SSSR count). The van der Waals surface area contributed by atoms with Gasteiger partial charge < -0.3 is 10.4 Å². The van der Waals surface area contributed by atoms with Gasteiger partial charge in [-0.05, 0) is 5.56 Å². The number of alkyl halides is 3. The molecule has 6 heteroatoms. The summed E-state index contributed by atoms with van der Waals surface area (Å²) in [5.41, 5.74) is 0.653. The first-order valence-electron chi connectivity index (χ1n) is 5.07. The second-order valence-electron chi connectivity index (χ2n) is 3.70. The van der Waals surface area contributed by atoms with Crippen molar-refractivity contribution in [2.24, 2.45) is 0 Å². The van der Waals surface area contributed by atoms with E-state index in [9.17, 15) is 18.3 Å². The van der Waals surface area contributed by atoms with E-state index in [1.54, 1.807) is 30.3 Å². The van der Waals surface area contributed by atoms with Crippen LogP contribution in [0.1, 0.15) is 5.56 Å². The summed E-state index contributed by atoms with van der Waals surface area (Å²) in [6.45, 7) is 3.28. The van der Waals surface area contributed by atoms with Crippen molar-refractivity contribution in [1.29, 1.82) is 0 Å². The van der Waals surface area contributed by atoms with Crippen LogP contribution in [0.3, 0.4) is 0 Å². The van der Waals surface area contributed by atoms with Crippen LogP contribution in [0.25, 0.3) is 4.91 Å². The molecule has 0 saturated heterocycles. The van der Waals surface area contributed by atoms with Crippen molar-refractivity contribution in [3.05, 3.63) is 53.9 Å². The van der Waals surface area contributed by atoms with Crippen LogP contribution >= 0.6 is 11.8 Å². The molecular weight excluding hydrogens is 263 g/mol. The molecule has 0 fully saturated rings. The molecule has 1 atom stereocenters. The molecule has 0 saturated carbocycles. The molecule has 0 aliphatic carbocycles. The maximum atomic E-state index is 12.7. The molecule has 0 aromatic heterocycles. The summed E-state index contributed by atoms with van der Waals surface area (Å²) in [5, 5.41) is 9.86. The van der Waals surface area contributed by atoms with Crippen LogP contribution < -0.4 is 5.32 Å². The Balaban J connectivity index is 2.37. The van der Waals surface area contributed by atoms with E-state index in [1.165, 1.54) is 0 Å². The highest BCUT2D eigenvalue weighted by Gasteiger charge is 2.45. The Morgan fingerprint density at radius 3 is 2.39 bits per heavy atom. The quantitative estimate of drug-likeness (QED) is 0.807. The van der Waals surface area contributed by atoms with E-state index >= 15 is 0 Å². The second-order valence-corrected chi connectivity index (χ2v) is 4.82. The zero-order valence-corrected chi connectivity index (χ0v) is 9.98. The summed E-state index contributed by atoms with van der Waals surface area (Å²) in [7, 11) is 0. The first-order chi connectivity index (χ1) is 8.39. The van der Waals surface area contributed by atoms with Crippen LogP contribution in [0.2, 0.25) is 0 Å². The Kier molecular flexibility index (Phi) is 3.30. The number of hydrogen-bond donors (Lipinski definition) is 2. The Morgan fingerprint density at radius 1 is 1.28 bits per heavy atom. The van der Waals surface area contributed by atoms with Crippen molar-refractivity contribution < 1.29 is 18.3 Å². The predicted octanol–water partition coefficient (Wildman–Crippen LogP) is 3.65. The van der Waals surface area contributed by atoms with Gasteiger partial charge >= 0.3 is 6.18 Å². The van der Waals surface area contributed by atoms with Crippen molar-refractivity contribution in [1.82, 2.24) is 5.32 Å². The fraction of sp³-hybridized carbons (Fsp3) is 0.167. The third kappa shape index (κ3) is 2.48. The van der Waals surface area contributed by atoms with Crippen LogP contribution in [0, 0.1) is 0 Å². The number of halogens is 3. The Bertz CT molecular complexity index is 496. The molecule has 1 aromatic rings. The van der Waals surface area contributed by atoms with Gasteiger partial charge in [-0.3, -0.25) is 0 Å². The van der Waals surface area contributed by atoms with Crippen LogP contribution in [-0.4, -0.2) is 16.7 Å². The number of aliphatic hydroxyl groups excluding tert-OH is 1. The van der Waals surface area contributed by atoms with Crippen molar-refractivity contribution in [2.75, 3.05) is 0 Å². The highest BCUT2D eigenvalue weighted by atomic mass is 32.2. The van der Waals surface area contributed by atoms with E-state index in [0.717, 1.165) is 0 Å². The van der Waals surface area contributed by atoms with Gasteiger partial charge in [0.1, 0.15) is 5.76 Å². The summed E-state index contributed by atoms with van der Waals surface area (Å²) < 4.78 is 38.0. The molecule has 96 valence electrons. The molecule has 1 aromatic carbocycles. The normalized spacial score (nSPS) is 19.8. The van der Waals surface area contributed by atoms with Gasteiger partial charge in [0.25, 0.3) is 0 Å². The third-order valence-electron chi connectivity index (χ3n) is 2.36. The van der Waals surface area contributed by atoms with E-state index in [0.29, 0.717) is 22.2 Å². The molecule has 2 nitrogen and oxygen atoms in total. The van der Waals surface area contributed by atoms with Gasteiger partial charge in [0.2, 0.25) is 0 Å². The highest BCUT2D eigenvalue weighted by Crippen LogP contribution is 2.45. The lowest BCUT2D eigenvalue weighted by Crippen LogP contribution is -2.35. The van der Waals surface area contributed by atoms with E-state index in [-0.39, 0.29) is 5.70 Å². The molecule has 0 spiro atoms. The van der Waals surface area contributed by atoms with Crippen LogP contribution in [0.4, 0.5) is 13.2 Å². The summed E-state index contributed by atoms with van der Waals surface area (Å²) in [5.74, 6) is -0.395. The fourth-order valence-corrected chi connectivity index (χ4v) is 2.68. The molecule has 0 bridgehead atoms. The van der Waals surface area contributed by atoms with Crippen LogP contribution in [0.5, 0.6) is 0 Å². The maximum absolute atomic E-state index is 12.7. The first kappa shape index (κ1) is 12.9. The second kappa shape index (κ2) is 4.61. The van der Waals surface area contributed by atoms with Gasteiger partial charge in [-0.1, -0.05) is 48.7 Å². The summed E-state index contributed by atoms with van der Waals surface area (Å²) >= 11 is 0.630. The maximum Gasteiger partial charge on any atom is 0.418 e. The van der Waals surface area contributed by atoms with Crippen LogP contribution in [0.15, 0.2) is 48.4 Å². The van der Waals surface area contributed by atoms with E-state index < -0.39 is 17.3 Å². The number of rotatable bonds is 2. The minimum absolute atomic E-state index is 0.0357. The van der Waals surface area contributed by atoms with E-state index in [2.05, 4.69) is 11.9 Å². The largest absolute Gasteiger partial charge is 0.506 e. The number of hydrogen-bond acceptors (Lipinski definition) is 3. The molecule has 0 amide bonds. The van der Waals surface area contributed by atoms with E-state index in [4.69, 9.17) is 0 Å². The van der Waals surface area contributed by atoms with Gasteiger partial charge in [0, 0.05) is 4.91 Å². The van der Waals surface area contributed by atoms with Gasteiger partial charge in [-0.25, -0.2) is 0 Å². The van der Waals surface area contributed by atoms with Gasteiger partial charge in [0.15, 0.2) is 5.37 Å².